The summed E-state index contributed by atoms with van der Waals surface area (Å²) in [5, 5.41) is 14.5. The van der Waals surface area contributed by atoms with Crippen molar-refractivity contribution in [1.82, 2.24) is 9.78 Å². The predicted molar refractivity (Wildman–Crippen MR) is 72.8 cm³/mol. The highest BCUT2D eigenvalue weighted by atomic mass is 19.4. The molecule has 0 fully saturated rings. The third-order valence-corrected chi connectivity index (χ3v) is 3.66. The van der Waals surface area contributed by atoms with Gasteiger partial charge in [-0.2, -0.15) is 18.3 Å². The second kappa shape index (κ2) is 5.52. The average molecular weight is 298 g/mol. The predicted octanol–water partition coefficient (Wildman–Crippen LogP) is 3.33. The third-order valence-electron chi connectivity index (χ3n) is 3.66. The van der Waals surface area contributed by atoms with Gasteiger partial charge in [-0.05, 0) is 37.1 Å². The van der Waals surface area contributed by atoms with Crippen LogP contribution in [0.1, 0.15) is 34.2 Å². The lowest BCUT2D eigenvalue weighted by Crippen LogP contribution is -2.08. The van der Waals surface area contributed by atoms with Crippen molar-refractivity contribution in [2.45, 2.75) is 32.5 Å². The van der Waals surface area contributed by atoms with Gasteiger partial charge in [-0.15, -0.1) is 0 Å². The molecule has 1 aromatic carbocycles. The van der Waals surface area contributed by atoms with E-state index >= 15 is 0 Å². The van der Waals surface area contributed by atoms with E-state index in [9.17, 15) is 18.3 Å². The van der Waals surface area contributed by atoms with E-state index in [-0.39, 0.29) is 12.0 Å². The molecule has 6 heteroatoms. The molecule has 2 aromatic rings. The molecule has 1 atom stereocenters. The van der Waals surface area contributed by atoms with Crippen LogP contribution in [0.5, 0.6) is 0 Å². The number of aliphatic hydroxyl groups excluding tert-OH is 1. The van der Waals surface area contributed by atoms with Gasteiger partial charge in [0.1, 0.15) is 0 Å². The van der Waals surface area contributed by atoms with Gasteiger partial charge in [-0.25, -0.2) is 0 Å². The summed E-state index contributed by atoms with van der Waals surface area (Å²) in [7, 11) is 1.79. The first-order valence-electron chi connectivity index (χ1n) is 6.54. The van der Waals surface area contributed by atoms with E-state index in [1.54, 1.807) is 11.7 Å². The minimum Gasteiger partial charge on any atom is -0.388 e. The van der Waals surface area contributed by atoms with Gasteiger partial charge in [0.25, 0.3) is 0 Å². The second-order valence-electron chi connectivity index (χ2n) is 5.12. The van der Waals surface area contributed by atoms with E-state index < -0.39 is 17.8 Å². The Morgan fingerprint density at radius 2 is 1.95 bits per heavy atom. The second-order valence-corrected chi connectivity index (χ2v) is 5.12. The fourth-order valence-electron chi connectivity index (χ4n) is 2.35. The van der Waals surface area contributed by atoms with E-state index in [1.807, 2.05) is 13.8 Å². The molecule has 114 valence electrons. The van der Waals surface area contributed by atoms with Crippen LogP contribution >= 0.6 is 0 Å². The van der Waals surface area contributed by atoms with Crippen molar-refractivity contribution in [3.8, 4) is 0 Å². The van der Waals surface area contributed by atoms with E-state index in [0.717, 1.165) is 29.1 Å². The van der Waals surface area contributed by atoms with Crippen molar-refractivity contribution in [3.63, 3.8) is 0 Å². The number of benzene rings is 1. The molecule has 0 aliphatic rings. The Morgan fingerprint density at radius 1 is 1.29 bits per heavy atom. The molecular weight excluding hydrogens is 281 g/mol. The lowest BCUT2D eigenvalue weighted by Gasteiger charge is -2.14. The first-order chi connectivity index (χ1) is 9.70. The Morgan fingerprint density at radius 3 is 2.48 bits per heavy atom. The number of aliphatic hydroxyl groups is 1. The maximum Gasteiger partial charge on any atom is 0.416 e. The quantitative estimate of drug-likeness (QED) is 0.944. The van der Waals surface area contributed by atoms with Gasteiger partial charge in [0.15, 0.2) is 0 Å². The van der Waals surface area contributed by atoms with E-state index in [0.29, 0.717) is 0 Å². The van der Waals surface area contributed by atoms with Crippen LogP contribution in [0.15, 0.2) is 24.3 Å². The molecule has 0 saturated carbocycles. The van der Waals surface area contributed by atoms with Crippen LogP contribution in [0.2, 0.25) is 0 Å². The number of hydrogen-bond acceptors (Lipinski definition) is 2. The summed E-state index contributed by atoms with van der Waals surface area (Å²) >= 11 is 0. The van der Waals surface area contributed by atoms with Crippen molar-refractivity contribution in [2.75, 3.05) is 0 Å². The number of halogens is 3. The van der Waals surface area contributed by atoms with Crippen molar-refractivity contribution in [2.24, 2.45) is 7.05 Å². The molecule has 0 bridgehead atoms. The van der Waals surface area contributed by atoms with Crippen LogP contribution in [0.4, 0.5) is 13.2 Å². The van der Waals surface area contributed by atoms with E-state index in [4.69, 9.17) is 0 Å². The van der Waals surface area contributed by atoms with Crippen LogP contribution in [-0.4, -0.2) is 14.9 Å². The van der Waals surface area contributed by atoms with Gasteiger partial charge in [0, 0.05) is 19.2 Å². The zero-order valence-electron chi connectivity index (χ0n) is 12.1. The standard InChI is InChI=1S/C15H17F3N2O/c1-9-13(10(2)20(3)19-9)8-14(21)11-5-4-6-12(7-11)15(16,17)18/h4-7,14,21H,8H2,1-3H3. The van der Waals surface area contributed by atoms with Crippen LogP contribution in [-0.2, 0) is 19.6 Å². The molecule has 2 rings (SSSR count). The Kier molecular flexibility index (Phi) is 4.09. The minimum absolute atomic E-state index is 0.243. The fraction of sp³-hybridized carbons (Fsp3) is 0.400. The molecule has 0 radical (unpaired) electrons. The summed E-state index contributed by atoms with van der Waals surface area (Å²) in [6.45, 7) is 3.69. The lowest BCUT2D eigenvalue weighted by atomic mass is 9.98. The van der Waals surface area contributed by atoms with Gasteiger partial charge in [0.05, 0.1) is 17.4 Å². The Hall–Kier alpha value is -1.82. The van der Waals surface area contributed by atoms with Gasteiger partial charge in [-0.1, -0.05) is 12.1 Å². The van der Waals surface area contributed by atoms with Crippen LogP contribution < -0.4 is 0 Å². The Labute approximate surface area is 121 Å². The van der Waals surface area contributed by atoms with Crippen LogP contribution in [0.3, 0.4) is 0 Å². The van der Waals surface area contributed by atoms with Crippen molar-refractivity contribution >= 4 is 0 Å². The molecule has 21 heavy (non-hydrogen) atoms. The Balaban J connectivity index is 2.27. The van der Waals surface area contributed by atoms with E-state index in [2.05, 4.69) is 5.10 Å². The molecule has 1 aromatic heterocycles. The highest BCUT2D eigenvalue weighted by molar-refractivity contribution is 5.31. The summed E-state index contributed by atoms with van der Waals surface area (Å²) < 4.78 is 39.8. The van der Waals surface area contributed by atoms with Crippen molar-refractivity contribution in [1.29, 1.82) is 0 Å². The highest BCUT2D eigenvalue weighted by Gasteiger charge is 2.31. The topological polar surface area (TPSA) is 38.0 Å². The zero-order chi connectivity index (χ0) is 15.8. The first-order valence-corrected chi connectivity index (χ1v) is 6.54. The van der Waals surface area contributed by atoms with Crippen molar-refractivity contribution < 1.29 is 18.3 Å². The number of aryl methyl sites for hydroxylation is 2. The number of hydrogen-bond donors (Lipinski definition) is 1. The SMILES string of the molecule is Cc1nn(C)c(C)c1CC(O)c1cccc(C(F)(F)F)c1. The maximum absolute atomic E-state index is 12.7. The maximum atomic E-state index is 12.7. The van der Waals surface area contributed by atoms with Gasteiger partial charge in [0.2, 0.25) is 0 Å². The lowest BCUT2D eigenvalue weighted by molar-refractivity contribution is -0.137. The Bertz CT molecular complexity index is 647. The summed E-state index contributed by atoms with van der Waals surface area (Å²) in [5.74, 6) is 0. The molecule has 0 amide bonds. The summed E-state index contributed by atoms with van der Waals surface area (Å²) in [4.78, 5) is 0. The van der Waals surface area contributed by atoms with Gasteiger partial charge >= 0.3 is 6.18 Å². The normalized spacial score (nSPS) is 13.5. The molecule has 3 nitrogen and oxygen atoms in total. The number of aromatic nitrogens is 2. The molecule has 1 unspecified atom stereocenters. The number of rotatable bonds is 3. The molecule has 0 aliphatic heterocycles. The molecule has 0 aliphatic carbocycles. The monoisotopic (exact) mass is 298 g/mol. The first kappa shape index (κ1) is 15.6. The summed E-state index contributed by atoms with van der Waals surface area (Å²) in [6.07, 6.45) is -5.16. The van der Waals surface area contributed by atoms with Gasteiger partial charge in [-0.3, -0.25) is 4.68 Å². The average Bonchev–Trinajstić information content (AvgIpc) is 2.64. The van der Waals surface area contributed by atoms with E-state index in [1.165, 1.54) is 12.1 Å². The molecule has 1 heterocycles. The molecular formula is C15H17F3N2O. The zero-order valence-corrected chi connectivity index (χ0v) is 12.1. The number of alkyl halides is 3. The van der Waals surface area contributed by atoms with Crippen LogP contribution in [0, 0.1) is 13.8 Å². The molecule has 0 spiro atoms. The smallest absolute Gasteiger partial charge is 0.388 e. The largest absolute Gasteiger partial charge is 0.416 e. The summed E-state index contributed by atoms with van der Waals surface area (Å²) in [5.41, 5.74) is 2.05. The van der Waals surface area contributed by atoms with Gasteiger partial charge < -0.3 is 5.11 Å². The van der Waals surface area contributed by atoms with Crippen molar-refractivity contribution in [3.05, 3.63) is 52.3 Å². The fourth-order valence-corrected chi connectivity index (χ4v) is 2.35. The number of nitrogens with zero attached hydrogens (tertiary/aromatic N) is 2. The summed E-state index contributed by atoms with van der Waals surface area (Å²) in [6, 6.07) is 4.80. The molecule has 1 N–H and O–H groups in total. The highest BCUT2D eigenvalue weighted by Crippen LogP contribution is 2.31. The third kappa shape index (κ3) is 3.26. The molecule has 0 saturated heterocycles. The minimum atomic E-state index is -4.41. The van der Waals surface area contributed by atoms with Crippen LogP contribution in [0.25, 0.3) is 0 Å².